The molecule has 1 amide bonds. The molecule has 0 spiro atoms. The van der Waals surface area contributed by atoms with Crippen LogP contribution in [0.15, 0.2) is 48.5 Å². The second-order valence-electron chi connectivity index (χ2n) is 4.66. The zero-order valence-corrected chi connectivity index (χ0v) is 11.7. The van der Waals surface area contributed by atoms with Crippen molar-refractivity contribution in [1.82, 2.24) is 0 Å². The van der Waals surface area contributed by atoms with Gasteiger partial charge in [-0.1, -0.05) is 29.8 Å². The van der Waals surface area contributed by atoms with Crippen molar-refractivity contribution in [3.05, 3.63) is 75.6 Å². The van der Waals surface area contributed by atoms with E-state index in [1.165, 1.54) is 6.08 Å². The second kappa shape index (κ2) is 6.62. The Morgan fingerprint density at radius 1 is 1.27 bits per heavy atom. The van der Waals surface area contributed by atoms with Gasteiger partial charge in [0.15, 0.2) is 0 Å². The van der Waals surface area contributed by atoms with Gasteiger partial charge < -0.3 is 5.32 Å². The zero-order chi connectivity index (χ0) is 16.1. The number of hydrogen-bond donors (Lipinski definition) is 1. The summed E-state index contributed by atoms with van der Waals surface area (Å²) in [5.41, 5.74) is 1.36. The Bertz CT molecular complexity index is 757. The average Bonchev–Trinajstić information content (AvgIpc) is 2.47. The van der Waals surface area contributed by atoms with Gasteiger partial charge in [0.1, 0.15) is 5.82 Å². The van der Waals surface area contributed by atoms with Crippen LogP contribution in [-0.4, -0.2) is 10.8 Å². The van der Waals surface area contributed by atoms with Crippen molar-refractivity contribution in [3.63, 3.8) is 0 Å². The van der Waals surface area contributed by atoms with Crippen molar-refractivity contribution in [2.75, 3.05) is 5.32 Å². The van der Waals surface area contributed by atoms with Gasteiger partial charge in [-0.05, 0) is 24.6 Å². The molecule has 2 rings (SSSR count). The first-order valence-electron chi connectivity index (χ1n) is 6.45. The molecule has 0 saturated carbocycles. The summed E-state index contributed by atoms with van der Waals surface area (Å²) < 4.78 is 13.5. The molecule has 0 heterocycles. The van der Waals surface area contributed by atoms with Crippen LogP contribution < -0.4 is 5.32 Å². The van der Waals surface area contributed by atoms with E-state index in [4.69, 9.17) is 0 Å². The van der Waals surface area contributed by atoms with Crippen LogP contribution in [0, 0.1) is 22.9 Å². The van der Waals surface area contributed by atoms with E-state index in [1.807, 2.05) is 31.2 Å². The Labute approximate surface area is 126 Å². The summed E-state index contributed by atoms with van der Waals surface area (Å²) in [7, 11) is 0. The predicted octanol–water partition coefficient (Wildman–Crippen LogP) is 3.69. The number of amides is 1. The monoisotopic (exact) mass is 300 g/mol. The lowest BCUT2D eigenvalue weighted by atomic mass is 10.1. The predicted molar refractivity (Wildman–Crippen MR) is 81.9 cm³/mol. The lowest BCUT2D eigenvalue weighted by molar-refractivity contribution is -0.384. The van der Waals surface area contributed by atoms with Crippen LogP contribution in [0.1, 0.15) is 11.1 Å². The van der Waals surface area contributed by atoms with E-state index < -0.39 is 16.6 Å². The van der Waals surface area contributed by atoms with Gasteiger partial charge in [-0.2, -0.15) is 0 Å². The van der Waals surface area contributed by atoms with Gasteiger partial charge in [0.25, 0.3) is 5.69 Å². The number of nitrogens with one attached hydrogen (secondary N) is 1. The molecular weight excluding hydrogens is 287 g/mol. The fourth-order valence-electron chi connectivity index (χ4n) is 1.84. The summed E-state index contributed by atoms with van der Waals surface area (Å²) in [6.45, 7) is 1.93. The van der Waals surface area contributed by atoms with Crippen molar-refractivity contribution in [2.45, 2.75) is 6.92 Å². The molecule has 0 unspecified atom stereocenters. The number of nitrogens with zero attached hydrogens (tertiary/aromatic N) is 1. The maximum Gasteiger partial charge on any atom is 0.271 e. The number of rotatable bonds is 4. The third-order valence-electron chi connectivity index (χ3n) is 2.89. The molecule has 6 heteroatoms. The fraction of sp³-hybridized carbons (Fsp3) is 0.0625. The molecule has 0 aliphatic carbocycles. The largest absolute Gasteiger partial charge is 0.320 e. The van der Waals surface area contributed by atoms with E-state index in [9.17, 15) is 19.3 Å². The summed E-state index contributed by atoms with van der Waals surface area (Å²) in [5, 5.41) is 12.9. The van der Waals surface area contributed by atoms with E-state index in [0.29, 0.717) is 0 Å². The van der Waals surface area contributed by atoms with Gasteiger partial charge in [0, 0.05) is 18.2 Å². The Kier molecular flexibility index (Phi) is 4.63. The highest BCUT2D eigenvalue weighted by Gasteiger charge is 2.11. The summed E-state index contributed by atoms with van der Waals surface area (Å²) in [6.07, 6.45) is 2.82. The highest BCUT2D eigenvalue weighted by molar-refractivity contribution is 6.02. The molecule has 0 radical (unpaired) electrons. The molecule has 0 atom stereocenters. The Morgan fingerprint density at radius 3 is 2.73 bits per heavy atom. The van der Waals surface area contributed by atoms with Crippen LogP contribution in [0.4, 0.5) is 15.8 Å². The molecule has 112 valence electrons. The van der Waals surface area contributed by atoms with Crippen LogP contribution >= 0.6 is 0 Å². The fourth-order valence-corrected chi connectivity index (χ4v) is 1.84. The number of nitro benzene ring substituents is 1. The molecule has 0 aliphatic rings. The third kappa shape index (κ3) is 3.99. The number of benzene rings is 2. The topological polar surface area (TPSA) is 72.2 Å². The first kappa shape index (κ1) is 15.4. The summed E-state index contributed by atoms with van der Waals surface area (Å²) in [6, 6.07) is 10.4. The number of halogens is 1. The molecule has 5 nitrogen and oxygen atoms in total. The second-order valence-corrected chi connectivity index (χ2v) is 4.66. The van der Waals surface area contributed by atoms with Gasteiger partial charge >= 0.3 is 0 Å². The van der Waals surface area contributed by atoms with Crippen molar-refractivity contribution < 1.29 is 14.1 Å². The van der Waals surface area contributed by atoms with Crippen molar-refractivity contribution in [1.29, 1.82) is 0 Å². The summed E-state index contributed by atoms with van der Waals surface area (Å²) in [5.74, 6) is -1.30. The third-order valence-corrected chi connectivity index (χ3v) is 2.89. The SMILES string of the molecule is Cc1cccc(/C=C/C(=O)Nc2cc([N+](=O)[O-])ccc2F)c1. The summed E-state index contributed by atoms with van der Waals surface area (Å²) >= 11 is 0. The van der Waals surface area contributed by atoms with Crippen molar-refractivity contribution >= 4 is 23.4 Å². The van der Waals surface area contributed by atoms with E-state index in [0.717, 1.165) is 29.3 Å². The quantitative estimate of drug-likeness (QED) is 0.531. The molecule has 0 aliphatic heterocycles. The normalized spacial score (nSPS) is 10.6. The molecular formula is C16H13FN2O3. The van der Waals surface area contributed by atoms with Gasteiger partial charge in [0.2, 0.25) is 5.91 Å². The van der Waals surface area contributed by atoms with Crippen molar-refractivity contribution in [2.24, 2.45) is 0 Å². The van der Waals surface area contributed by atoms with Crippen LogP contribution in [-0.2, 0) is 4.79 Å². The highest BCUT2D eigenvalue weighted by atomic mass is 19.1. The minimum absolute atomic E-state index is 0.229. The van der Waals surface area contributed by atoms with Gasteiger partial charge in [-0.25, -0.2) is 4.39 Å². The number of carbonyl (C=O) groups excluding carboxylic acids is 1. The number of aryl methyl sites for hydroxylation is 1. The maximum atomic E-state index is 13.5. The minimum atomic E-state index is -0.733. The molecule has 1 N–H and O–H groups in total. The number of anilines is 1. The maximum absolute atomic E-state index is 13.5. The number of non-ortho nitro benzene ring substituents is 1. The first-order valence-corrected chi connectivity index (χ1v) is 6.45. The molecule has 0 fully saturated rings. The van der Waals surface area contributed by atoms with Crippen molar-refractivity contribution in [3.8, 4) is 0 Å². The minimum Gasteiger partial charge on any atom is -0.320 e. The highest BCUT2D eigenvalue weighted by Crippen LogP contribution is 2.21. The lowest BCUT2D eigenvalue weighted by Gasteiger charge is -2.03. The van der Waals surface area contributed by atoms with E-state index >= 15 is 0 Å². The standard InChI is InChI=1S/C16H13FN2O3/c1-11-3-2-4-12(9-11)5-8-16(20)18-15-10-13(19(21)22)6-7-14(15)17/h2-10H,1H3,(H,18,20)/b8-5+. The number of nitro groups is 1. The zero-order valence-electron chi connectivity index (χ0n) is 11.7. The number of carbonyl (C=O) groups is 1. The van der Waals surface area contributed by atoms with Crippen LogP contribution in [0.25, 0.3) is 6.08 Å². The van der Waals surface area contributed by atoms with Crippen LogP contribution in [0.2, 0.25) is 0 Å². The molecule has 2 aromatic carbocycles. The number of hydrogen-bond acceptors (Lipinski definition) is 3. The van der Waals surface area contributed by atoms with Gasteiger partial charge in [-0.3, -0.25) is 14.9 Å². The molecule has 0 saturated heterocycles. The average molecular weight is 300 g/mol. The van der Waals surface area contributed by atoms with Gasteiger partial charge in [0.05, 0.1) is 10.6 Å². The molecule has 0 bridgehead atoms. The molecule has 2 aromatic rings. The van der Waals surface area contributed by atoms with Gasteiger partial charge in [-0.15, -0.1) is 0 Å². The van der Waals surface area contributed by atoms with E-state index in [1.54, 1.807) is 6.08 Å². The first-order chi connectivity index (χ1) is 10.5. The Morgan fingerprint density at radius 2 is 2.05 bits per heavy atom. The summed E-state index contributed by atoms with van der Waals surface area (Å²) in [4.78, 5) is 21.8. The smallest absolute Gasteiger partial charge is 0.271 e. The Balaban J connectivity index is 2.12. The van der Waals surface area contributed by atoms with E-state index in [-0.39, 0.29) is 11.4 Å². The molecule has 22 heavy (non-hydrogen) atoms. The molecule has 0 aromatic heterocycles. The van der Waals surface area contributed by atoms with Crippen LogP contribution in [0.3, 0.4) is 0 Å². The Hall–Kier alpha value is -3.02. The van der Waals surface area contributed by atoms with E-state index in [2.05, 4.69) is 5.32 Å². The lowest BCUT2D eigenvalue weighted by Crippen LogP contribution is -2.09. The van der Waals surface area contributed by atoms with Crippen LogP contribution in [0.5, 0.6) is 0 Å².